The van der Waals surface area contributed by atoms with Gasteiger partial charge in [-0.25, -0.2) is 4.39 Å². The van der Waals surface area contributed by atoms with Gasteiger partial charge in [-0.3, -0.25) is 19.6 Å². The van der Waals surface area contributed by atoms with Gasteiger partial charge in [-0.15, -0.1) is 0 Å². The number of fused-ring (bicyclic) bond motifs is 1. The van der Waals surface area contributed by atoms with Gasteiger partial charge in [0.2, 0.25) is 0 Å². The molecule has 0 aliphatic carbocycles. The van der Waals surface area contributed by atoms with Crippen LogP contribution in [0.4, 0.5) is 10.1 Å². The molecule has 3 heterocycles. The largest absolute Gasteiger partial charge is 0.344 e. The second kappa shape index (κ2) is 9.48. The number of nitrogens with one attached hydrogen (secondary N) is 2. The van der Waals surface area contributed by atoms with Crippen molar-refractivity contribution in [2.24, 2.45) is 0 Å². The number of anilines is 1. The van der Waals surface area contributed by atoms with Crippen molar-refractivity contribution in [3.05, 3.63) is 96.2 Å². The molecular weight excluding hydrogens is 453 g/mol. The number of carbonyl (C=O) groups excluding carboxylic acids is 2. The number of benzene rings is 2. The number of halogens is 1. The molecule has 1 fully saturated rings. The van der Waals surface area contributed by atoms with E-state index in [0.717, 1.165) is 15.8 Å². The molecule has 2 N–H and O–H groups in total. The molecule has 7 nitrogen and oxygen atoms in total. The zero-order valence-corrected chi connectivity index (χ0v) is 18.8. The molecule has 1 aliphatic rings. The van der Waals surface area contributed by atoms with Crippen molar-refractivity contribution in [2.75, 3.05) is 17.8 Å². The van der Waals surface area contributed by atoms with Gasteiger partial charge in [-0.1, -0.05) is 24.3 Å². The molecule has 1 saturated heterocycles. The predicted octanol–water partition coefficient (Wildman–Crippen LogP) is 4.14. The summed E-state index contributed by atoms with van der Waals surface area (Å²) in [6.07, 6.45) is 3.27. The molecule has 2 aromatic carbocycles. The van der Waals surface area contributed by atoms with Crippen LogP contribution in [0.15, 0.2) is 84.0 Å². The van der Waals surface area contributed by atoms with Crippen LogP contribution < -0.4 is 10.0 Å². The van der Waals surface area contributed by atoms with Gasteiger partial charge in [0.15, 0.2) is 0 Å². The fourth-order valence-corrected chi connectivity index (χ4v) is 4.47. The molecule has 2 aromatic heterocycles. The SMILES string of the molecule is O=C(NC1CN(C(=O)c2ccc(NSc3cccc4cccnc34)c(F)c2)C1)c1ccccn1. The van der Waals surface area contributed by atoms with Crippen molar-refractivity contribution in [3.63, 3.8) is 0 Å². The van der Waals surface area contributed by atoms with Gasteiger partial charge in [0.1, 0.15) is 11.5 Å². The maximum atomic E-state index is 14.7. The number of hydrogen-bond donors (Lipinski definition) is 2. The summed E-state index contributed by atoms with van der Waals surface area (Å²) in [5, 5.41) is 3.85. The Kier molecular flexibility index (Phi) is 6.09. The third-order valence-electron chi connectivity index (χ3n) is 5.48. The number of carbonyl (C=O) groups is 2. The number of rotatable bonds is 6. The van der Waals surface area contributed by atoms with E-state index in [1.165, 1.54) is 18.0 Å². The Bertz CT molecular complexity index is 1360. The van der Waals surface area contributed by atoms with Crippen LogP contribution in [0.2, 0.25) is 0 Å². The summed E-state index contributed by atoms with van der Waals surface area (Å²) in [5.74, 6) is -1.08. The number of aromatic nitrogens is 2. The van der Waals surface area contributed by atoms with Crippen molar-refractivity contribution in [3.8, 4) is 0 Å². The molecule has 0 unspecified atom stereocenters. The van der Waals surface area contributed by atoms with Crippen LogP contribution in [0.25, 0.3) is 10.9 Å². The molecule has 170 valence electrons. The lowest BCUT2D eigenvalue weighted by Gasteiger charge is -2.39. The molecule has 0 saturated carbocycles. The average molecular weight is 474 g/mol. The summed E-state index contributed by atoms with van der Waals surface area (Å²) >= 11 is 1.26. The van der Waals surface area contributed by atoms with E-state index in [9.17, 15) is 14.0 Å². The second-order valence-electron chi connectivity index (χ2n) is 7.83. The third kappa shape index (κ3) is 4.55. The molecule has 5 rings (SSSR count). The number of nitrogens with zero attached hydrogens (tertiary/aromatic N) is 3. The lowest BCUT2D eigenvalue weighted by Crippen LogP contribution is -2.61. The predicted molar refractivity (Wildman–Crippen MR) is 129 cm³/mol. The van der Waals surface area contributed by atoms with Gasteiger partial charge in [0.05, 0.1) is 22.1 Å². The summed E-state index contributed by atoms with van der Waals surface area (Å²) in [4.78, 5) is 35.7. The number of pyridine rings is 2. The molecule has 1 aliphatic heterocycles. The van der Waals surface area contributed by atoms with E-state index in [1.807, 2.05) is 30.3 Å². The quantitative estimate of drug-likeness (QED) is 0.409. The summed E-state index contributed by atoms with van der Waals surface area (Å²) in [5.41, 5.74) is 1.69. The Labute approximate surface area is 199 Å². The number of amides is 2. The molecule has 0 spiro atoms. The van der Waals surface area contributed by atoms with E-state index in [-0.39, 0.29) is 29.1 Å². The van der Waals surface area contributed by atoms with Gasteiger partial charge in [0.25, 0.3) is 11.8 Å². The zero-order valence-electron chi connectivity index (χ0n) is 17.9. The highest BCUT2D eigenvalue weighted by molar-refractivity contribution is 8.00. The fourth-order valence-electron chi connectivity index (χ4n) is 3.67. The first-order chi connectivity index (χ1) is 16.6. The number of likely N-dealkylation sites (tertiary alicyclic amines) is 1. The minimum absolute atomic E-state index is 0.157. The Morgan fingerprint density at radius 2 is 1.79 bits per heavy atom. The van der Waals surface area contributed by atoms with Crippen LogP contribution in [0.3, 0.4) is 0 Å². The molecule has 4 aromatic rings. The second-order valence-corrected chi connectivity index (χ2v) is 8.67. The van der Waals surface area contributed by atoms with E-state index in [4.69, 9.17) is 0 Å². The van der Waals surface area contributed by atoms with Crippen molar-refractivity contribution in [1.82, 2.24) is 20.2 Å². The number of hydrogen-bond acceptors (Lipinski definition) is 6. The van der Waals surface area contributed by atoms with Crippen molar-refractivity contribution < 1.29 is 14.0 Å². The van der Waals surface area contributed by atoms with Crippen LogP contribution in [0, 0.1) is 5.82 Å². The Hall–Kier alpha value is -3.98. The van der Waals surface area contributed by atoms with Crippen molar-refractivity contribution >= 4 is 40.4 Å². The molecule has 0 atom stereocenters. The van der Waals surface area contributed by atoms with Crippen LogP contribution in [0.1, 0.15) is 20.8 Å². The van der Waals surface area contributed by atoms with E-state index >= 15 is 0 Å². The summed E-state index contributed by atoms with van der Waals surface area (Å²) in [7, 11) is 0. The Morgan fingerprint density at radius 3 is 2.59 bits per heavy atom. The Morgan fingerprint density at radius 1 is 0.971 bits per heavy atom. The van der Waals surface area contributed by atoms with Crippen LogP contribution in [-0.4, -0.2) is 45.8 Å². The first kappa shape index (κ1) is 21.8. The van der Waals surface area contributed by atoms with Gasteiger partial charge < -0.3 is 14.9 Å². The molecule has 2 amide bonds. The highest BCUT2D eigenvalue weighted by Crippen LogP contribution is 2.29. The smallest absolute Gasteiger partial charge is 0.270 e. The summed E-state index contributed by atoms with van der Waals surface area (Å²) in [6, 6.07) is 19.0. The average Bonchev–Trinajstić information content (AvgIpc) is 2.85. The monoisotopic (exact) mass is 473 g/mol. The Balaban J connectivity index is 1.18. The zero-order chi connectivity index (χ0) is 23.5. The maximum absolute atomic E-state index is 14.7. The van der Waals surface area contributed by atoms with Gasteiger partial charge >= 0.3 is 0 Å². The lowest BCUT2D eigenvalue weighted by atomic mass is 10.1. The molecule has 0 bridgehead atoms. The van der Waals surface area contributed by atoms with E-state index in [0.29, 0.717) is 18.8 Å². The first-order valence-corrected chi connectivity index (χ1v) is 11.5. The van der Waals surface area contributed by atoms with E-state index in [2.05, 4.69) is 20.0 Å². The highest BCUT2D eigenvalue weighted by Gasteiger charge is 2.32. The molecule has 34 heavy (non-hydrogen) atoms. The van der Waals surface area contributed by atoms with Crippen LogP contribution in [-0.2, 0) is 0 Å². The molecule has 9 heteroatoms. The third-order valence-corrected chi connectivity index (χ3v) is 6.36. The van der Waals surface area contributed by atoms with Gasteiger partial charge in [-0.05, 0) is 54.4 Å². The van der Waals surface area contributed by atoms with Gasteiger partial charge in [0, 0.05) is 36.4 Å². The minimum atomic E-state index is -0.521. The summed E-state index contributed by atoms with van der Waals surface area (Å²) in [6.45, 7) is 0.728. The lowest BCUT2D eigenvalue weighted by molar-refractivity contribution is 0.0541. The van der Waals surface area contributed by atoms with Crippen LogP contribution >= 0.6 is 11.9 Å². The van der Waals surface area contributed by atoms with Crippen molar-refractivity contribution in [2.45, 2.75) is 10.9 Å². The maximum Gasteiger partial charge on any atom is 0.270 e. The summed E-state index contributed by atoms with van der Waals surface area (Å²) < 4.78 is 17.7. The van der Waals surface area contributed by atoms with Gasteiger partial charge in [-0.2, -0.15) is 0 Å². The normalized spacial score (nSPS) is 13.4. The van der Waals surface area contributed by atoms with Crippen LogP contribution in [0.5, 0.6) is 0 Å². The number of para-hydroxylation sites is 1. The molecular formula is C25H20FN5O2S. The topological polar surface area (TPSA) is 87.2 Å². The van der Waals surface area contributed by atoms with E-state index in [1.54, 1.807) is 47.6 Å². The van der Waals surface area contributed by atoms with E-state index < -0.39 is 5.82 Å². The van der Waals surface area contributed by atoms with Crippen molar-refractivity contribution in [1.29, 1.82) is 0 Å². The first-order valence-electron chi connectivity index (χ1n) is 10.7. The fraction of sp³-hybridized carbons (Fsp3) is 0.120. The minimum Gasteiger partial charge on any atom is -0.344 e. The standard InChI is InChI=1S/C25H20FN5O2S/c26-19-13-17(25(33)31-14-18(15-31)29-24(32)21-7-1-2-11-27-21)9-10-20(19)30-34-22-8-3-5-16-6-4-12-28-23(16)22/h1-13,18,30H,14-15H2,(H,29,32). The molecule has 0 radical (unpaired) electrons. The highest BCUT2D eigenvalue weighted by atomic mass is 32.2.